The lowest BCUT2D eigenvalue weighted by molar-refractivity contribution is 1.29. The smallest absolute Gasteiger partial charge is 0.113 e. The third-order valence-corrected chi connectivity index (χ3v) is 19.2. The van der Waals surface area contributed by atoms with Crippen LogP contribution in [-0.2, 0) is 0 Å². The summed E-state index contributed by atoms with van der Waals surface area (Å²) in [6, 6.07) is 66.1. The van der Waals surface area contributed by atoms with Crippen LogP contribution >= 0.6 is 0 Å². The van der Waals surface area contributed by atoms with E-state index in [1.165, 1.54) is 76.5 Å². The lowest BCUT2D eigenvalue weighted by Crippen LogP contribution is -2.49. The van der Waals surface area contributed by atoms with Crippen LogP contribution in [-0.4, -0.2) is 16.1 Å². The van der Waals surface area contributed by atoms with Crippen LogP contribution in [0.1, 0.15) is 0 Å². The minimum absolute atomic E-state index is 1.15. The van der Waals surface area contributed by atoms with Crippen molar-refractivity contribution in [2.24, 2.45) is 0 Å². The zero-order valence-corrected chi connectivity index (χ0v) is 32.7. The van der Waals surface area contributed by atoms with Crippen LogP contribution < -0.4 is 25.6 Å². The van der Waals surface area contributed by atoms with Crippen LogP contribution in [0.5, 0.6) is 0 Å². The summed E-state index contributed by atoms with van der Waals surface area (Å²) < 4.78 is 0. The monoisotopic (exact) mass is 711 g/mol. The van der Waals surface area contributed by atoms with Gasteiger partial charge in [0.25, 0.3) is 0 Å². The Balaban J connectivity index is 1.10. The number of rotatable bonds is 5. The molecule has 0 fully saturated rings. The molecule has 1 nitrogen and oxygen atoms in total. The topological polar surface area (TPSA) is 3.24 Å². The molecule has 0 unspecified atom stereocenters. The molecule has 0 amide bonds. The van der Waals surface area contributed by atoms with Gasteiger partial charge in [-0.25, -0.2) is 0 Å². The summed E-state index contributed by atoms with van der Waals surface area (Å²) in [5.41, 5.74) is 14.1. The zero-order valence-electron chi connectivity index (χ0n) is 30.7. The van der Waals surface area contributed by atoms with Crippen LogP contribution in [0.2, 0.25) is 26.2 Å². The minimum Gasteiger partial charge on any atom is -0.310 e. The highest BCUT2D eigenvalue weighted by atomic mass is 28.3. The fourth-order valence-corrected chi connectivity index (χ4v) is 15.4. The van der Waals surface area contributed by atoms with Crippen LogP contribution in [0, 0.1) is 0 Å². The molecule has 0 N–H and O–H groups in total. The van der Waals surface area contributed by atoms with Crippen molar-refractivity contribution in [1.82, 2.24) is 0 Å². The molecule has 10 rings (SSSR count). The van der Waals surface area contributed by atoms with E-state index in [9.17, 15) is 0 Å². The Hall–Kier alpha value is -5.75. The van der Waals surface area contributed by atoms with E-state index >= 15 is 0 Å². The third kappa shape index (κ3) is 4.95. The molecule has 2 heterocycles. The first-order valence-electron chi connectivity index (χ1n) is 18.8. The van der Waals surface area contributed by atoms with Gasteiger partial charge in [0.2, 0.25) is 0 Å². The average Bonchev–Trinajstić information content (AvgIpc) is 3.57. The normalized spacial score (nSPS) is 14.3. The van der Waals surface area contributed by atoms with Gasteiger partial charge in [0.1, 0.15) is 16.1 Å². The van der Waals surface area contributed by atoms with E-state index in [0.29, 0.717) is 0 Å². The lowest BCUT2D eigenvalue weighted by Gasteiger charge is -2.27. The second-order valence-electron chi connectivity index (χ2n) is 15.8. The number of hydrogen-bond donors (Lipinski definition) is 0. The molecular weight excluding hydrogens is 671 g/mol. The molecule has 8 aromatic carbocycles. The van der Waals surface area contributed by atoms with E-state index in [1.54, 1.807) is 5.19 Å². The van der Waals surface area contributed by atoms with Crippen molar-refractivity contribution in [2.45, 2.75) is 26.2 Å². The largest absolute Gasteiger partial charge is 0.310 e. The van der Waals surface area contributed by atoms with Gasteiger partial charge >= 0.3 is 0 Å². The molecule has 0 saturated carbocycles. The average molecular weight is 712 g/mol. The van der Waals surface area contributed by atoms with E-state index in [4.69, 9.17) is 0 Å². The maximum absolute atomic E-state index is 2.49. The maximum atomic E-state index is 2.49. The number of benzene rings is 8. The minimum atomic E-state index is -1.78. The molecule has 53 heavy (non-hydrogen) atoms. The second kappa shape index (κ2) is 11.9. The lowest BCUT2D eigenvalue weighted by atomic mass is 9.97. The molecule has 254 valence electrons. The first-order chi connectivity index (χ1) is 25.8. The molecule has 8 aromatic rings. The third-order valence-electron chi connectivity index (χ3n) is 12.1. The molecule has 0 aromatic heterocycles. The Labute approximate surface area is 314 Å². The fraction of sp³-hybridized carbons (Fsp3) is 0.0800. The van der Waals surface area contributed by atoms with Gasteiger partial charge in [-0.15, -0.1) is 0 Å². The van der Waals surface area contributed by atoms with Crippen molar-refractivity contribution < 1.29 is 0 Å². The van der Waals surface area contributed by atoms with E-state index in [2.05, 4.69) is 207 Å². The van der Waals surface area contributed by atoms with Crippen molar-refractivity contribution >= 4 is 64.7 Å². The van der Waals surface area contributed by atoms with E-state index in [1.807, 2.05) is 0 Å². The summed E-state index contributed by atoms with van der Waals surface area (Å²) in [5, 5.41) is 8.67. The summed E-state index contributed by atoms with van der Waals surface area (Å²) in [5.74, 6) is 0. The fourth-order valence-electron chi connectivity index (χ4n) is 9.27. The van der Waals surface area contributed by atoms with Gasteiger partial charge in [-0.2, -0.15) is 0 Å². The molecular formula is C50H41NSi2. The van der Waals surface area contributed by atoms with Crippen molar-refractivity contribution in [2.75, 3.05) is 4.90 Å². The summed E-state index contributed by atoms with van der Waals surface area (Å²) >= 11 is 0. The van der Waals surface area contributed by atoms with Gasteiger partial charge in [-0.1, -0.05) is 166 Å². The van der Waals surface area contributed by atoms with Crippen LogP contribution in [0.4, 0.5) is 17.1 Å². The van der Waals surface area contributed by atoms with Crippen LogP contribution in [0.15, 0.2) is 176 Å². The van der Waals surface area contributed by atoms with E-state index in [0.717, 1.165) is 11.4 Å². The molecule has 0 aliphatic carbocycles. The SMILES string of the molecule is C[Si]1(C)c2ccccc2-c2cc(N(c3ccc(-c4ccc5c(c4)[Si](C)(C)c4ccccc4-5)cc3)c3cccc(-c4cccc5ccccc45)c3)ccc21. The number of hydrogen-bond acceptors (Lipinski definition) is 1. The Kier molecular flexibility index (Phi) is 7.17. The first kappa shape index (κ1) is 31.9. The van der Waals surface area contributed by atoms with Crippen molar-refractivity contribution in [3.05, 3.63) is 176 Å². The standard InChI is InChI=1S/C50H41NSi2/c1-52(2)48-22-10-8-19-44(48)46-33-40(28-30-49(46)52)51(39-16-11-15-37(31-39)42-20-12-14-35-13-5-6-17-41(35)42)38-26-23-34(24-27-38)36-25-29-45-43-18-7-9-21-47(43)53(3,4)50(45)32-36/h5-33H,1-4H3. The van der Waals surface area contributed by atoms with Crippen molar-refractivity contribution in [3.63, 3.8) is 0 Å². The quantitative estimate of drug-likeness (QED) is 0.161. The molecule has 2 aliphatic rings. The highest BCUT2D eigenvalue weighted by molar-refractivity contribution is 7.04. The Morgan fingerprint density at radius 1 is 0.321 bits per heavy atom. The highest BCUT2D eigenvalue weighted by Gasteiger charge is 2.38. The van der Waals surface area contributed by atoms with Gasteiger partial charge in [-0.05, 0) is 112 Å². The predicted molar refractivity (Wildman–Crippen MR) is 234 cm³/mol. The zero-order chi connectivity index (χ0) is 35.9. The first-order valence-corrected chi connectivity index (χ1v) is 24.8. The summed E-state index contributed by atoms with van der Waals surface area (Å²) in [4.78, 5) is 2.45. The van der Waals surface area contributed by atoms with Gasteiger partial charge < -0.3 is 4.90 Å². The van der Waals surface area contributed by atoms with Gasteiger partial charge in [-0.3, -0.25) is 0 Å². The summed E-state index contributed by atoms with van der Waals surface area (Å²) in [7, 11) is -3.54. The molecule has 0 atom stereocenters. The Morgan fingerprint density at radius 3 is 1.66 bits per heavy atom. The van der Waals surface area contributed by atoms with Crippen molar-refractivity contribution in [1.29, 1.82) is 0 Å². The molecule has 3 heteroatoms. The van der Waals surface area contributed by atoms with E-state index in [-0.39, 0.29) is 0 Å². The van der Waals surface area contributed by atoms with Crippen molar-refractivity contribution in [3.8, 4) is 44.5 Å². The summed E-state index contributed by atoms with van der Waals surface area (Å²) in [6.45, 7) is 9.96. The molecule has 2 aliphatic heterocycles. The molecule has 0 radical (unpaired) electrons. The Bertz CT molecular complexity index is 2730. The number of nitrogens with zero attached hydrogens (tertiary/aromatic N) is 1. The van der Waals surface area contributed by atoms with Gasteiger partial charge in [0, 0.05) is 17.1 Å². The van der Waals surface area contributed by atoms with Crippen LogP contribution in [0.3, 0.4) is 0 Å². The number of anilines is 3. The molecule has 0 spiro atoms. The number of fused-ring (bicyclic) bond motifs is 7. The van der Waals surface area contributed by atoms with Gasteiger partial charge in [0.05, 0.1) is 0 Å². The second-order valence-corrected chi connectivity index (χ2v) is 24.4. The summed E-state index contributed by atoms with van der Waals surface area (Å²) in [6.07, 6.45) is 0. The van der Waals surface area contributed by atoms with Gasteiger partial charge in [0.15, 0.2) is 0 Å². The Morgan fingerprint density at radius 2 is 0.868 bits per heavy atom. The van der Waals surface area contributed by atoms with Crippen LogP contribution in [0.25, 0.3) is 55.3 Å². The highest BCUT2D eigenvalue weighted by Crippen LogP contribution is 2.41. The van der Waals surface area contributed by atoms with E-state index < -0.39 is 16.1 Å². The molecule has 0 bridgehead atoms. The molecule has 0 saturated heterocycles. The maximum Gasteiger partial charge on any atom is 0.113 e. The predicted octanol–water partition coefficient (Wildman–Crippen LogP) is 11.2.